The van der Waals surface area contributed by atoms with Crippen molar-refractivity contribution in [2.24, 2.45) is 0 Å². The molecular formula is C6H8ClF. The van der Waals surface area contributed by atoms with Crippen molar-refractivity contribution in [3.05, 3.63) is 23.5 Å². The van der Waals surface area contributed by atoms with Gasteiger partial charge in [0.2, 0.25) is 0 Å². The molecule has 0 spiro atoms. The van der Waals surface area contributed by atoms with Gasteiger partial charge in [0.1, 0.15) is 5.83 Å². The normalized spacial score (nSPS) is 11.6. The Labute approximate surface area is 53.7 Å². The third-order valence-electron chi connectivity index (χ3n) is 0.651. The summed E-state index contributed by atoms with van der Waals surface area (Å²) >= 11 is 5.42. The maximum atomic E-state index is 11.8. The van der Waals surface area contributed by atoms with Gasteiger partial charge in [-0.05, 0) is 12.5 Å². The largest absolute Gasteiger partial charge is 0.208 e. The minimum absolute atomic E-state index is 0.489. The topological polar surface area (TPSA) is 0 Å². The molecule has 2 heteroatoms. The third kappa shape index (κ3) is 3.88. The van der Waals surface area contributed by atoms with Crippen molar-refractivity contribution in [1.29, 1.82) is 0 Å². The first-order valence-electron chi connectivity index (χ1n) is 2.37. The molecule has 0 aliphatic carbocycles. The highest BCUT2D eigenvalue weighted by atomic mass is 35.5. The molecule has 0 amide bonds. The van der Waals surface area contributed by atoms with E-state index < -0.39 is 5.83 Å². The first-order valence-corrected chi connectivity index (χ1v) is 2.75. The first-order chi connectivity index (χ1) is 3.66. The molecule has 0 aromatic heterocycles. The Morgan fingerprint density at radius 3 is 2.50 bits per heavy atom. The monoisotopic (exact) mass is 134 g/mol. The van der Waals surface area contributed by atoms with Gasteiger partial charge in [-0.2, -0.15) is 0 Å². The highest BCUT2D eigenvalue weighted by Crippen LogP contribution is 2.09. The van der Waals surface area contributed by atoms with E-state index in [2.05, 4.69) is 6.58 Å². The molecule has 0 aromatic rings. The van der Waals surface area contributed by atoms with Gasteiger partial charge in [-0.3, -0.25) is 0 Å². The van der Waals surface area contributed by atoms with E-state index in [4.69, 9.17) is 11.6 Å². The fraction of sp³-hybridized carbons (Fsp3) is 0.333. The number of allylic oxidation sites excluding steroid dienone is 3. The minimum atomic E-state index is -0.489. The summed E-state index contributed by atoms with van der Waals surface area (Å²) in [7, 11) is 0. The zero-order valence-corrected chi connectivity index (χ0v) is 5.50. The molecule has 0 N–H and O–H groups in total. The smallest absolute Gasteiger partial charge is 0.117 e. The first kappa shape index (κ1) is 7.70. The van der Waals surface area contributed by atoms with E-state index in [9.17, 15) is 4.39 Å². The fourth-order valence-electron chi connectivity index (χ4n) is 0.272. The summed E-state index contributed by atoms with van der Waals surface area (Å²) in [6.45, 7) is 4.86. The molecule has 0 heterocycles. The lowest BCUT2D eigenvalue weighted by Gasteiger charge is -1.86. The van der Waals surface area contributed by atoms with E-state index in [1.54, 1.807) is 0 Å². The van der Waals surface area contributed by atoms with Gasteiger partial charge < -0.3 is 0 Å². The maximum Gasteiger partial charge on any atom is 0.117 e. The van der Waals surface area contributed by atoms with Gasteiger partial charge in [0, 0.05) is 5.03 Å². The van der Waals surface area contributed by atoms with Gasteiger partial charge in [-0.1, -0.05) is 25.1 Å². The summed E-state index contributed by atoms with van der Waals surface area (Å²) in [5, 5.41) is 0.498. The van der Waals surface area contributed by atoms with Crippen molar-refractivity contribution in [3.8, 4) is 0 Å². The van der Waals surface area contributed by atoms with E-state index >= 15 is 0 Å². The Balaban J connectivity index is 3.75. The molecule has 8 heavy (non-hydrogen) atoms. The Morgan fingerprint density at radius 2 is 2.38 bits per heavy atom. The lowest BCUT2D eigenvalue weighted by molar-refractivity contribution is 0.670. The SMILES string of the molecule is C=C(F)/C=C(/Cl)CC. The molecule has 0 bridgehead atoms. The second-order valence-electron chi connectivity index (χ2n) is 1.39. The van der Waals surface area contributed by atoms with Crippen LogP contribution in [-0.2, 0) is 0 Å². The zero-order valence-electron chi connectivity index (χ0n) is 4.75. The summed E-state index contributed by atoms with van der Waals surface area (Å²) in [5.41, 5.74) is 0. The zero-order chi connectivity index (χ0) is 6.57. The van der Waals surface area contributed by atoms with Crippen LogP contribution in [0.4, 0.5) is 4.39 Å². The molecule has 0 unspecified atom stereocenters. The number of halogens is 2. The lowest BCUT2D eigenvalue weighted by atomic mass is 10.4. The second kappa shape index (κ2) is 3.67. The molecule has 0 atom stereocenters. The molecule has 0 nitrogen and oxygen atoms in total. The molecule has 0 saturated carbocycles. The van der Waals surface area contributed by atoms with E-state index in [1.807, 2.05) is 6.92 Å². The molecule has 0 fully saturated rings. The van der Waals surface area contributed by atoms with Gasteiger partial charge in [0.05, 0.1) is 0 Å². The lowest BCUT2D eigenvalue weighted by Crippen LogP contribution is -1.65. The van der Waals surface area contributed by atoms with Crippen molar-refractivity contribution in [3.63, 3.8) is 0 Å². The van der Waals surface area contributed by atoms with E-state index in [-0.39, 0.29) is 0 Å². The van der Waals surface area contributed by atoms with Gasteiger partial charge in [0.15, 0.2) is 0 Å². The number of hydrogen-bond donors (Lipinski definition) is 0. The van der Waals surface area contributed by atoms with Crippen LogP contribution >= 0.6 is 11.6 Å². The Morgan fingerprint density at radius 1 is 1.88 bits per heavy atom. The summed E-state index contributed by atoms with van der Waals surface area (Å²) in [4.78, 5) is 0. The van der Waals surface area contributed by atoms with Crippen LogP contribution in [0.2, 0.25) is 0 Å². The predicted molar refractivity (Wildman–Crippen MR) is 34.5 cm³/mol. The molecule has 46 valence electrons. The van der Waals surface area contributed by atoms with Crippen molar-refractivity contribution >= 4 is 11.6 Å². The van der Waals surface area contributed by atoms with E-state index in [0.29, 0.717) is 11.5 Å². The Bertz CT molecular complexity index is 116. The highest BCUT2D eigenvalue weighted by molar-refractivity contribution is 6.29. The maximum absolute atomic E-state index is 11.8. The summed E-state index contributed by atoms with van der Waals surface area (Å²) in [6, 6.07) is 0. The summed E-state index contributed by atoms with van der Waals surface area (Å²) in [6.07, 6.45) is 1.87. The minimum Gasteiger partial charge on any atom is -0.208 e. The molecule has 0 rings (SSSR count). The van der Waals surface area contributed by atoms with Gasteiger partial charge >= 0.3 is 0 Å². The number of rotatable bonds is 2. The molecular weight excluding hydrogens is 127 g/mol. The summed E-state index contributed by atoms with van der Waals surface area (Å²) < 4.78 is 11.8. The van der Waals surface area contributed by atoms with Crippen LogP contribution in [0.25, 0.3) is 0 Å². The van der Waals surface area contributed by atoms with Gasteiger partial charge in [0.25, 0.3) is 0 Å². The van der Waals surface area contributed by atoms with Gasteiger partial charge in [-0.15, -0.1) is 0 Å². The van der Waals surface area contributed by atoms with Crippen LogP contribution in [0, 0.1) is 0 Å². The molecule has 0 saturated heterocycles. The predicted octanol–water partition coefficient (Wildman–Crippen LogP) is 3.00. The fourth-order valence-corrected chi connectivity index (χ4v) is 0.390. The van der Waals surface area contributed by atoms with Crippen LogP contribution in [0.3, 0.4) is 0 Å². The van der Waals surface area contributed by atoms with E-state index in [0.717, 1.165) is 0 Å². The van der Waals surface area contributed by atoms with Crippen LogP contribution in [0.15, 0.2) is 23.5 Å². The van der Waals surface area contributed by atoms with Crippen molar-refractivity contribution in [1.82, 2.24) is 0 Å². The highest BCUT2D eigenvalue weighted by Gasteiger charge is 1.86. The van der Waals surface area contributed by atoms with Crippen molar-refractivity contribution in [2.75, 3.05) is 0 Å². The standard InChI is InChI=1S/C6H8ClF/c1-3-6(7)4-5(2)8/h4H,2-3H2,1H3/b6-4+. The van der Waals surface area contributed by atoms with Crippen LogP contribution < -0.4 is 0 Å². The van der Waals surface area contributed by atoms with Gasteiger partial charge in [-0.25, -0.2) is 4.39 Å². The summed E-state index contributed by atoms with van der Waals surface area (Å²) in [5.74, 6) is -0.489. The second-order valence-corrected chi connectivity index (χ2v) is 1.88. The average Bonchev–Trinajstić information content (AvgIpc) is 1.65. The molecule has 0 aliphatic heterocycles. The number of hydrogen-bond acceptors (Lipinski definition) is 0. The third-order valence-corrected chi connectivity index (χ3v) is 1.03. The average molecular weight is 135 g/mol. The molecule has 0 aromatic carbocycles. The van der Waals surface area contributed by atoms with Crippen LogP contribution in [0.5, 0.6) is 0 Å². The molecule has 0 aliphatic rings. The quantitative estimate of drug-likeness (QED) is 0.510. The van der Waals surface area contributed by atoms with E-state index in [1.165, 1.54) is 6.08 Å². The van der Waals surface area contributed by atoms with Crippen molar-refractivity contribution < 1.29 is 4.39 Å². The molecule has 0 radical (unpaired) electrons. The van der Waals surface area contributed by atoms with Crippen LogP contribution in [0.1, 0.15) is 13.3 Å². The van der Waals surface area contributed by atoms with Crippen molar-refractivity contribution in [2.45, 2.75) is 13.3 Å². The Kier molecular flexibility index (Phi) is 3.53. The Hall–Kier alpha value is -0.300. The van der Waals surface area contributed by atoms with Crippen LogP contribution in [-0.4, -0.2) is 0 Å².